The quantitative estimate of drug-likeness (QED) is 0.750. The number of carbonyl (C=O) groups excluding carboxylic acids is 1. The van der Waals surface area contributed by atoms with Crippen molar-refractivity contribution in [2.24, 2.45) is 0 Å². The van der Waals surface area contributed by atoms with Crippen LogP contribution in [0.4, 0.5) is 0 Å². The monoisotopic (exact) mass is 200 g/mol. The van der Waals surface area contributed by atoms with Gasteiger partial charge in [-0.1, -0.05) is 6.92 Å². The highest BCUT2D eigenvalue weighted by atomic mass is 32.1. The zero-order chi connectivity index (χ0) is 9.68. The Bertz CT molecular complexity index is 257. The van der Waals surface area contributed by atoms with E-state index in [9.17, 15) is 4.79 Å². The van der Waals surface area contributed by atoms with E-state index in [1.54, 1.807) is 5.51 Å². The second-order valence-electron chi connectivity index (χ2n) is 2.63. The number of carbonyl (C=O) groups is 1. The minimum atomic E-state index is -0.164. The lowest BCUT2D eigenvalue weighted by Crippen LogP contribution is -2.36. The van der Waals surface area contributed by atoms with Crippen molar-refractivity contribution in [2.45, 2.75) is 19.4 Å². The van der Waals surface area contributed by atoms with E-state index in [4.69, 9.17) is 5.11 Å². The number of aliphatic hydroxyl groups is 1. The van der Waals surface area contributed by atoms with Gasteiger partial charge < -0.3 is 10.4 Å². The van der Waals surface area contributed by atoms with Crippen LogP contribution in [-0.2, 0) is 0 Å². The molecule has 72 valence electrons. The summed E-state index contributed by atoms with van der Waals surface area (Å²) in [5.41, 5.74) is 1.61. The number of rotatable bonds is 4. The summed E-state index contributed by atoms with van der Waals surface area (Å²) in [6.45, 7) is 1.88. The number of aliphatic hydroxyl groups excluding tert-OH is 1. The fraction of sp³-hybridized carbons (Fsp3) is 0.500. The molecule has 4 nitrogen and oxygen atoms in total. The van der Waals surface area contributed by atoms with Gasteiger partial charge in [-0.05, 0) is 6.42 Å². The minimum Gasteiger partial charge on any atom is -0.394 e. The molecule has 1 aromatic rings. The molecule has 0 aliphatic heterocycles. The molecule has 0 aliphatic carbocycles. The number of hydrogen-bond donors (Lipinski definition) is 2. The van der Waals surface area contributed by atoms with E-state index in [1.165, 1.54) is 17.5 Å². The number of amides is 1. The second kappa shape index (κ2) is 4.94. The van der Waals surface area contributed by atoms with Crippen LogP contribution in [0.3, 0.4) is 0 Å². The van der Waals surface area contributed by atoms with E-state index in [0.29, 0.717) is 4.88 Å². The summed E-state index contributed by atoms with van der Waals surface area (Å²) in [5, 5.41) is 11.5. The van der Waals surface area contributed by atoms with Crippen molar-refractivity contribution in [3.8, 4) is 0 Å². The Morgan fingerprint density at radius 1 is 1.85 bits per heavy atom. The lowest BCUT2D eigenvalue weighted by atomic mass is 10.2. The molecular weight excluding hydrogens is 188 g/mol. The molecule has 0 saturated heterocycles. The third-order valence-corrected chi connectivity index (χ3v) is 2.48. The smallest absolute Gasteiger partial charge is 0.263 e. The molecule has 0 spiro atoms. The molecule has 1 heterocycles. The highest BCUT2D eigenvalue weighted by Gasteiger charge is 2.11. The first-order chi connectivity index (χ1) is 6.27. The van der Waals surface area contributed by atoms with Crippen molar-refractivity contribution in [1.29, 1.82) is 0 Å². The minimum absolute atomic E-state index is 0.0267. The van der Waals surface area contributed by atoms with E-state index in [2.05, 4.69) is 10.3 Å². The molecule has 0 bridgehead atoms. The number of nitrogens with one attached hydrogen (secondary N) is 1. The van der Waals surface area contributed by atoms with E-state index in [1.807, 2.05) is 6.92 Å². The van der Waals surface area contributed by atoms with Gasteiger partial charge in [0.15, 0.2) is 0 Å². The van der Waals surface area contributed by atoms with Gasteiger partial charge in [0.1, 0.15) is 4.88 Å². The zero-order valence-corrected chi connectivity index (χ0v) is 8.17. The summed E-state index contributed by atoms with van der Waals surface area (Å²) >= 11 is 1.29. The molecule has 0 unspecified atom stereocenters. The predicted octanol–water partition coefficient (Wildman–Crippen LogP) is 0.644. The van der Waals surface area contributed by atoms with Crippen LogP contribution >= 0.6 is 11.3 Å². The fourth-order valence-electron chi connectivity index (χ4n) is 0.861. The van der Waals surface area contributed by atoms with Gasteiger partial charge in [-0.25, -0.2) is 0 Å². The molecule has 0 radical (unpaired) electrons. The highest BCUT2D eigenvalue weighted by molar-refractivity contribution is 7.11. The molecule has 0 aliphatic rings. The Morgan fingerprint density at radius 3 is 3.08 bits per heavy atom. The van der Waals surface area contributed by atoms with Crippen molar-refractivity contribution in [3.63, 3.8) is 0 Å². The van der Waals surface area contributed by atoms with E-state index >= 15 is 0 Å². The first-order valence-corrected chi connectivity index (χ1v) is 4.96. The third-order valence-electron chi connectivity index (χ3n) is 1.70. The Labute approximate surface area is 80.6 Å². The molecule has 0 saturated carbocycles. The zero-order valence-electron chi connectivity index (χ0n) is 7.36. The summed E-state index contributed by atoms with van der Waals surface area (Å²) < 4.78 is 0. The Morgan fingerprint density at radius 2 is 2.62 bits per heavy atom. The van der Waals surface area contributed by atoms with Gasteiger partial charge in [0, 0.05) is 0 Å². The molecule has 5 heteroatoms. The molecule has 0 aromatic carbocycles. The molecule has 1 amide bonds. The molecule has 1 rings (SSSR count). The number of nitrogens with zero attached hydrogens (tertiary/aromatic N) is 1. The normalized spacial score (nSPS) is 12.5. The maximum Gasteiger partial charge on any atom is 0.263 e. The number of aromatic nitrogens is 1. The molecule has 1 atom stereocenters. The average molecular weight is 200 g/mol. The van der Waals surface area contributed by atoms with Gasteiger partial charge >= 0.3 is 0 Å². The van der Waals surface area contributed by atoms with Gasteiger partial charge in [0.05, 0.1) is 24.4 Å². The average Bonchev–Trinajstić information content (AvgIpc) is 2.66. The van der Waals surface area contributed by atoms with Gasteiger partial charge in [-0.2, -0.15) is 0 Å². The van der Waals surface area contributed by atoms with Gasteiger partial charge in [-0.15, -0.1) is 11.3 Å². The Balaban J connectivity index is 2.50. The maximum absolute atomic E-state index is 11.4. The molecule has 1 aromatic heterocycles. The van der Waals surface area contributed by atoms with Crippen LogP contribution in [0.1, 0.15) is 23.0 Å². The van der Waals surface area contributed by atoms with Crippen LogP contribution in [0.2, 0.25) is 0 Å². The van der Waals surface area contributed by atoms with Gasteiger partial charge in [0.25, 0.3) is 5.91 Å². The first-order valence-electron chi connectivity index (χ1n) is 4.08. The van der Waals surface area contributed by atoms with Crippen LogP contribution < -0.4 is 5.32 Å². The summed E-state index contributed by atoms with van der Waals surface area (Å²) in [4.78, 5) is 15.8. The topological polar surface area (TPSA) is 62.2 Å². The summed E-state index contributed by atoms with van der Waals surface area (Å²) in [6, 6.07) is -0.158. The van der Waals surface area contributed by atoms with Crippen LogP contribution in [0, 0.1) is 0 Å². The molecule has 13 heavy (non-hydrogen) atoms. The fourth-order valence-corrected chi connectivity index (χ4v) is 1.38. The molecule has 2 N–H and O–H groups in total. The first kappa shape index (κ1) is 10.1. The standard InChI is InChI=1S/C8H12N2O2S/c1-2-6(4-11)10-8(12)7-3-9-5-13-7/h3,5-6,11H,2,4H2,1H3,(H,10,12)/t6-/m1/s1. The number of hydrogen-bond acceptors (Lipinski definition) is 4. The second-order valence-corrected chi connectivity index (χ2v) is 3.51. The van der Waals surface area contributed by atoms with Crippen LogP contribution in [0.15, 0.2) is 11.7 Å². The summed E-state index contributed by atoms with van der Waals surface area (Å²) in [7, 11) is 0. The van der Waals surface area contributed by atoms with Gasteiger partial charge in [0.2, 0.25) is 0 Å². The van der Waals surface area contributed by atoms with Gasteiger partial charge in [-0.3, -0.25) is 9.78 Å². The number of thiazole rings is 1. The Kier molecular flexibility index (Phi) is 3.85. The van der Waals surface area contributed by atoms with Crippen molar-refractivity contribution >= 4 is 17.2 Å². The third kappa shape index (κ3) is 2.78. The van der Waals surface area contributed by atoms with Crippen LogP contribution in [0.25, 0.3) is 0 Å². The van der Waals surface area contributed by atoms with E-state index < -0.39 is 0 Å². The highest BCUT2D eigenvalue weighted by Crippen LogP contribution is 2.05. The lowest BCUT2D eigenvalue weighted by molar-refractivity contribution is 0.0919. The lowest BCUT2D eigenvalue weighted by Gasteiger charge is -2.12. The van der Waals surface area contributed by atoms with Crippen molar-refractivity contribution in [1.82, 2.24) is 10.3 Å². The van der Waals surface area contributed by atoms with E-state index in [0.717, 1.165) is 6.42 Å². The summed E-state index contributed by atoms with van der Waals surface area (Å²) in [5.74, 6) is -0.164. The maximum atomic E-state index is 11.4. The largest absolute Gasteiger partial charge is 0.394 e. The van der Waals surface area contributed by atoms with Crippen molar-refractivity contribution in [3.05, 3.63) is 16.6 Å². The summed E-state index contributed by atoms with van der Waals surface area (Å²) in [6.07, 6.45) is 2.24. The molecular formula is C8H12N2O2S. The van der Waals surface area contributed by atoms with Crippen LogP contribution in [-0.4, -0.2) is 28.6 Å². The van der Waals surface area contributed by atoms with Crippen LogP contribution in [0.5, 0.6) is 0 Å². The predicted molar refractivity (Wildman–Crippen MR) is 50.7 cm³/mol. The Hall–Kier alpha value is -0.940. The van der Waals surface area contributed by atoms with Crippen molar-refractivity contribution < 1.29 is 9.90 Å². The van der Waals surface area contributed by atoms with E-state index in [-0.39, 0.29) is 18.6 Å². The SMILES string of the molecule is CC[C@H](CO)NC(=O)c1cncs1. The molecule has 0 fully saturated rings. The van der Waals surface area contributed by atoms with Crippen molar-refractivity contribution in [2.75, 3.05) is 6.61 Å².